The van der Waals surface area contributed by atoms with Gasteiger partial charge in [-0.25, -0.2) is 0 Å². The van der Waals surface area contributed by atoms with Crippen molar-refractivity contribution in [1.29, 1.82) is 0 Å². The van der Waals surface area contributed by atoms with E-state index in [-0.39, 0.29) is 18.1 Å². The van der Waals surface area contributed by atoms with Crippen molar-refractivity contribution in [1.82, 2.24) is 4.90 Å². The third kappa shape index (κ3) is 5.45. The van der Waals surface area contributed by atoms with E-state index < -0.39 is 0 Å². The minimum absolute atomic E-state index is 0.0373. The Labute approximate surface area is 170 Å². The summed E-state index contributed by atoms with van der Waals surface area (Å²) < 4.78 is 11.0. The Hall–Kier alpha value is -1.59. The highest BCUT2D eigenvalue weighted by Crippen LogP contribution is 2.31. The Balaban J connectivity index is 1.76. The molecular weight excluding hydrogens is 385 g/mol. The van der Waals surface area contributed by atoms with Gasteiger partial charge in [-0.3, -0.25) is 4.79 Å². The van der Waals surface area contributed by atoms with E-state index in [1.165, 1.54) is 0 Å². The first-order chi connectivity index (χ1) is 13.0. The largest absolute Gasteiger partial charge is 0.350 e. The van der Waals surface area contributed by atoms with E-state index in [1.807, 2.05) is 43.4 Å². The second-order valence-electron chi connectivity index (χ2n) is 6.65. The molecule has 1 unspecified atom stereocenters. The lowest BCUT2D eigenvalue weighted by Crippen LogP contribution is -2.32. The number of carbonyl (C=O) groups excluding carboxylic acids is 1. The number of ether oxygens (including phenoxy) is 2. The molecule has 3 rings (SSSR count). The van der Waals surface area contributed by atoms with Gasteiger partial charge in [0.25, 0.3) is 0 Å². The first kappa shape index (κ1) is 20.2. The van der Waals surface area contributed by atoms with Crippen molar-refractivity contribution in [3.05, 3.63) is 69.7 Å². The van der Waals surface area contributed by atoms with Gasteiger partial charge in [-0.2, -0.15) is 0 Å². The fourth-order valence-corrected chi connectivity index (χ4v) is 3.55. The summed E-state index contributed by atoms with van der Waals surface area (Å²) in [5.74, 6) is -0.295. The van der Waals surface area contributed by atoms with E-state index in [4.69, 9.17) is 32.7 Å². The second-order valence-corrected chi connectivity index (χ2v) is 7.47. The Kier molecular flexibility index (Phi) is 7.13. The number of nitrogens with zero attached hydrogens (tertiary/aromatic N) is 1. The molecular formula is C21H23Cl2NO3. The lowest BCUT2D eigenvalue weighted by molar-refractivity contribution is -0.132. The molecule has 1 aliphatic heterocycles. The van der Waals surface area contributed by atoms with Gasteiger partial charge in [0.1, 0.15) is 0 Å². The van der Waals surface area contributed by atoms with Crippen LogP contribution in [0.2, 0.25) is 10.0 Å². The van der Waals surface area contributed by atoms with Gasteiger partial charge in [-0.1, -0.05) is 59.6 Å². The molecule has 0 aromatic heterocycles. The van der Waals surface area contributed by atoms with Crippen molar-refractivity contribution in [2.75, 3.05) is 20.3 Å². The third-order valence-electron chi connectivity index (χ3n) is 4.66. The Morgan fingerprint density at radius 1 is 1.11 bits per heavy atom. The van der Waals surface area contributed by atoms with Crippen LogP contribution in [-0.2, 0) is 20.8 Å². The van der Waals surface area contributed by atoms with Crippen LogP contribution in [0.3, 0.4) is 0 Å². The van der Waals surface area contributed by atoms with Crippen LogP contribution in [0.1, 0.15) is 29.9 Å². The molecule has 144 valence electrons. The average molecular weight is 408 g/mol. The first-order valence-corrected chi connectivity index (χ1v) is 9.77. The lowest BCUT2D eigenvalue weighted by Gasteiger charge is -2.25. The van der Waals surface area contributed by atoms with E-state index >= 15 is 0 Å². The van der Waals surface area contributed by atoms with Crippen LogP contribution >= 0.6 is 23.2 Å². The summed E-state index contributed by atoms with van der Waals surface area (Å²) in [6, 6.07) is 15.3. The molecule has 2 aromatic rings. The number of hydrogen-bond acceptors (Lipinski definition) is 3. The summed E-state index contributed by atoms with van der Waals surface area (Å²) in [4.78, 5) is 15.0. The molecule has 1 amide bonds. The molecule has 4 nitrogen and oxygen atoms in total. The van der Waals surface area contributed by atoms with Gasteiger partial charge < -0.3 is 14.4 Å². The molecule has 0 saturated carbocycles. The molecule has 0 N–H and O–H groups in total. The molecule has 0 spiro atoms. The maximum Gasteiger partial charge on any atom is 0.230 e. The van der Waals surface area contributed by atoms with Gasteiger partial charge in [0, 0.05) is 13.6 Å². The zero-order chi connectivity index (χ0) is 19.2. The fourth-order valence-electron chi connectivity index (χ4n) is 3.24. The van der Waals surface area contributed by atoms with Gasteiger partial charge in [0.15, 0.2) is 6.29 Å². The lowest BCUT2D eigenvalue weighted by atomic mass is 9.92. The summed E-state index contributed by atoms with van der Waals surface area (Å²) in [6.45, 7) is 1.75. The van der Waals surface area contributed by atoms with E-state index in [0.29, 0.717) is 42.6 Å². The van der Waals surface area contributed by atoms with Gasteiger partial charge in [0.2, 0.25) is 5.91 Å². The highest BCUT2D eigenvalue weighted by molar-refractivity contribution is 6.42. The SMILES string of the molecule is CN(Cc1ccccc1)C(=O)C(CCC1OCCO1)c1ccc(Cl)c(Cl)c1. The molecule has 1 fully saturated rings. The minimum Gasteiger partial charge on any atom is -0.350 e. The van der Waals surface area contributed by atoms with Gasteiger partial charge in [-0.15, -0.1) is 0 Å². The summed E-state index contributed by atoms with van der Waals surface area (Å²) in [5.41, 5.74) is 1.94. The maximum absolute atomic E-state index is 13.2. The fraction of sp³-hybridized carbons (Fsp3) is 0.381. The summed E-state index contributed by atoms with van der Waals surface area (Å²) in [6.07, 6.45) is 1.01. The van der Waals surface area contributed by atoms with Crippen molar-refractivity contribution < 1.29 is 14.3 Å². The Bertz CT molecular complexity index is 763. The van der Waals surface area contributed by atoms with Crippen LogP contribution in [0.15, 0.2) is 48.5 Å². The molecule has 0 radical (unpaired) electrons. The second kappa shape index (κ2) is 9.56. The van der Waals surface area contributed by atoms with Gasteiger partial charge in [0.05, 0.1) is 29.2 Å². The zero-order valence-electron chi connectivity index (χ0n) is 15.2. The number of halogens is 2. The van der Waals surface area contributed by atoms with Crippen molar-refractivity contribution in [2.45, 2.75) is 31.6 Å². The summed E-state index contributed by atoms with van der Waals surface area (Å²) in [7, 11) is 1.82. The molecule has 0 aliphatic carbocycles. The predicted octanol–water partition coefficient (Wildman–Crippen LogP) is 4.89. The average Bonchev–Trinajstić information content (AvgIpc) is 3.19. The topological polar surface area (TPSA) is 38.8 Å². The van der Waals surface area contributed by atoms with Crippen LogP contribution in [-0.4, -0.2) is 37.4 Å². The van der Waals surface area contributed by atoms with Crippen molar-refractivity contribution in [3.8, 4) is 0 Å². The monoisotopic (exact) mass is 407 g/mol. The number of rotatable bonds is 7. The van der Waals surface area contributed by atoms with Crippen LogP contribution in [0.25, 0.3) is 0 Å². The molecule has 1 saturated heterocycles. The molecule has 1 atom stereocenters. The van der Waals surface area contributed by atoms with Crippen molar-refractivity contribution >= 4 is 29.1 Å². The van der Waals surface area contributed by atoms with Crippen LogP contribution in [0.4, 0.5) is 0 Å². The van der Waals surface area contributed by atoms with Gasteiger partial charge >= 0.3 is 0 Å². The number of amides is 1. The zero-order valence-corrected chi connectivity index (χ0v) is 16.7. The van der Waals surface area contributed by atoms with Crippen LogP contribution in [0, 0.1) is 0 Å². The summed E-state index contributed by atoms with van der Waals surface area (Å²) in [5, 5.41) is 0.928. The first-order valence-electron chi connectivity index (χ1n) is 9.01. The van der Waals surface area contributed by atoms with E-state index in [9.17, 15) is 4.79 Å². The van der Waals surface area contributed by atoms with Gasteiger partial charge in [-0.05, 0) is 36.1 Å². The predicted molar refractivity (Wildman–Crippen MR) is 107 cm³/mol. The van der Waals surface area contributed by atoms with Crippen molar-refractivity contribution in [3.63, 3.8) is 0 Å². The highest BCUT2D eigenvalue weighted by Gasteiger charge is 2.27. The quantitative estimate of drug-likeness (QED) is 0.655. The maximum atomic E-state index is 13.2. The molecule has 2 aromatic carbocycles. The normalized spacial score (nSPS) is 15.7. The smallest absolute Gasteiger partial charge is 0.230 e. The van der Waals surface area contributed by atoms with E-state index in [0.717, 1.165) is 11.1 Å². The molecule has 1 aliphatic rings. The molecule has 0 bridgehead atoms. The minimum atomic E-state index is -0.332. The molecule has 1 heterocycles. The molecule has 27 heavy (non-hydrogen) atoms. The Morgan fingerprint density at radius 2 is 1.81 bits per heavy atom. The van der Waals surface area contributed by atoms with Crippen LogP contribution in [0.5, 0.6) is 0 Å². The number of hydrogen-bond donors (Lipinski definition) is 0. The highest BCUT2D eigenvalue weighted by atomic mass is 35.5. The third-order valence-corrected chi connectivity index (χ3v) is 5.40. The van der Waals surface area contributed by atoms with Crippen LogP contribution < -0.4 is 0 Å². The molecule has 6 heteroatoms. The summed E-state index contributed by atoms with van der Waals surface area (Å²) >= 11 is 12.2. The standard InChI is InChI=1S/C21H23Cl2NO3/c1-24(14-15-5-3-2-4-6-15)21(25)17(8-10-20-26-11-12-27-20)16-7-9-18(22)19(23)13-16/h2-7,9,13,17,20H,8,10-12,14H2,1H3. The Morgan fingerprint density at radius 3 is 2.48 bits per heavy atom. The number of carbonyl (C=O) groups is 1. The number of benzene rings is 2. The van der Waals surface area contributed by atoms with E-state index in [1.54, 1.807) is 17.0 Å². The van der Waals surface area contributed by atoms with Crippen molar-refractivity contribution in [2.24, 2.45) is 0 Å². The van der Waals surface area contributed by atoms with E-state index in [2.05, 4.69) is 0 Å². The number of likely N-dealkylation sites (N-methyl/N-ethyl adjacent to an activating group) is 1.